The number of hydrogen-bond donors (Lipinski definition) is 1. The van der Waals surface area contributed by atoms with Gasteiger partial charge in [0.05, 0.1) is 18.3 Å². The third-order valence-electron chi connectivity index (χ3n) is 4.86. The second-order valence-electron chi connectivity index (χ2n) is 6.59. The number of pyridine rings is 1. The molecule has 0 aliphatic carbocycles. The third kappa shape index (κ3) is 5.80. The first-order valence-electron chi connectivity index (χ1n) is 8.41. The summed E-state index contributed by atoms with van der Waals surface area (Å²) >= 11 is 0. The van der Waals surface area contributed by atoms with E-state index in [9.17, 15) is 4.79 Å². The number of piperidine rings is 1. The number of aromatic nitrogens is 1. The number of carbonyl (C=O) groups excluding carboxylic acids is 1. The number of likely N-dealkylation sites (tertiary alicyclic amines) is 2. The van der Waals surface area contributed by atoms with Crippen LogP contribution >= 0.6 is 24.8 Å². The lowest BCUT2D eigenvalue weighted by Crippen LogP contribution is -2.41. The van der Waals surface area contributed by atoms with Crippen LogP contribution in [-0.2, 0) is 11.2 Å². The Morgan fingerprint density at radius 3 is 2.38 bits per heavy atom. The summed E-state index contributed by atoms with van der Waals surface area (Å²) in [6.07, 6.45) is 6.98. The lowest BCUT2D eigenvalue weighted by Gasteiger charge is -2.34. The van der Waals surface area contributed by atoms with Crippen LogP contribution in [0, 0.1) is 5.92 Å². The topological polar surface area (TPSA) is 62.5 Å². The van der Waals surface area contributed by atoms with E-state index in [1.165, 1.54) is 32.5 Å². The van der Waals surface area contributed by atoms with Gasteiger partial charge >= 0.3 is 0 Å². The predicted octanol–water partition coefficient (Wildman–Crippen LogP) is 2.38. The average molecular weight is 375 g/mol. The molecule has 7 heteroatoms. The van der Waals surface area contributed by atoms with Crippen molar-refractivity contribution in [1.29, 1.82) is 0 Å². The highest BCUT2D eigenvalue weighted by Crippen LogP contribution is 2.21. The van der Waals surface area contributed by atoms with Crippen molar-refractivity contribution in [3.63, 3.8) is 0 Å². The molecule has 0 bridgehead atoms. The van der Waals surface area contributed by atoms with E-state index >= 15 is 0 Å². The van der Waals surface area contributed by atoms with E-state index in [1.807, 2.05) is 11.0 Å². The Bertz CT molecular complexity index is 498. The smallest absolute Gasteiger partial charge is 0.228 e. The van der Waals surface area contributed by atoms with Gasteiger partial charge in [-0.1, -0.05) is 0 Å². The predicted molar refractivity (Wildman–Crippen MR) is 102 cm³/mol. The molecule has 2 N–H and O–H groups in total. The Morgan fingerprint density at radius 1 is 1.12 bits per heavy atom. The van der Waals surface area contributed by atoms with Crippen molar-refractivity contribution in [2.24, 2.45) is 5.92 Å². The summed E-state index contributed by atoms with van der Waals surface area (Å²) < 4.78 is 0. The van der Waals surface area contributed by atoms with E-state index in [0.29, 0.717) is 12.1 Å². The Balaban J connectivity index is 0.00000144. The fourth-order valence-corrected chi connectivity index (χ4v) is 3.50. The van der Waals surface area contributed by atoms with Gasteiger partial charge in [0.15, 0.2) is 0 Å². The average Bonchev–Trinajstić information content (AvgIpc) is 3.03. The van der Waals surface area contributed by atoms with Crippen molar-refractivity contribution in [3.05, 3.63) is 24.0 Å². The van der Waals surface area contributed by atoms with E-state index in [4.69, 9.17) is 5.73 Å². The van der Waals surface area contributed by atoms with Gasteiger partial charge in [-0.15, -0.1) is 24.8 Å². The molecule has 0 saturated carbocycles. The van der Waals surface area contributed by atoms with Crippen LogP contribution in [0.15, 0.2) is 18.3 Å². The molecule has 0 radical (unpaired) electrons. The first-order chi connectivity index (χ1) is 10.7. The molecule has 24 heavy (non-hydrogen) atoms. The minimum Gasteiger partial charge on any atom is -0.397 e. The highest BCUT2D eigenvalue weighted by atomic mass is 35.5. The molecule has 2 saturated heterocycles. The number of amides is 1. The van der Waals surface area contributed by atoms with Gasteiger partial charge in [0.25, 0.3) is 0 Å². The van der Waals surface area contributed by atoms with Gasteiger partial charge in [-0.05, 0) is 56.8 Å². The minimum absolute atomic E-state index is 0. The number of rotatable bonds is 4. The van der Waals surface area contributed by atoms with Crippen LogP contribution in [0.5, 0.6) is 0 Å². The van der Waals surface area contributed by atoms with E-state index in [2.05, 4.69) is 9.88 Å². The maximum Gasteiger partial charge on any atom is 0.228 e. The minimum atomic E-state index is 0. The van der Waals surface area contributed by atoms with Gasteiger partial charge in [0, 0.05) is 25.3 Å². The SMILES string of the molecule is Cl.Cl.Nc1ccc(CC(=O)N2CCC(CN3CCCC3)CC2)nc1. The van der Waals surface area contributed by atoms with E-state index in [-0.39, 0.29) is 30.7 Å². The number of nitrogen functional groups attached to an aromatic ring is 1. The van der Waals surface area contributed by atoms with Crippen LogP contribution < -0.4 is 5.73 Å². The molecular formula is C17H28Cl2N4O. The first-order valence-corrected chi connectivity index (χ1v) is 8.41. The van der Waals surface area contributed by atoms with E-state index in [0.717, 1.165) is 37.5 Å². The molecule has 3 heterocycles. The van der Waals surface area contributed by atoms with Crippen molar-refractivity contribution in [2.75, 3.05) is 38.5 Å². The molecular weight excluding hydrogens is 347 g/mol. The Kier molecular flexibility index (Phi) is 8.81. The van der Waals surface area contributed by atoms with E-state index < -0.39 is 0 Å². The number of nitrogens with two attached hydrogens (primary N) is 1. The highest BCUT2D eigenvalue weighted by molar-refractivity contribution is 5.85. The maximum atomic E-state index is 12.3. The molecule has 0 spiro atoms. The second kappa shape index (κ2) is 10.1. The number of nitrogens with zero attached hydrogens (tertiary/aromatic N) is 3. The van der Waals surface area contributed by atoms with Crippen molar-refractivity contribution in [3.8, 4) is 0 Å². The van der Waals surface area contributed by atoms with Gasteiger partial charge in [-0.25, -0.2) is 0 Å². The Hall–Kier alpha value is -1.04. The molecule has 136 valence electrons. The highest BCUT2D eigenvalue weighted by Gasteiger charge is 2.25. The summed E-state index contributed by atoms with van der Waals surface area (Å²) in [5, 5.41) is 0. The third-order valence-corrected chi connectivity index (χ3v) is 4.86. The van der Waals surface area contributed by atoms with Crippen LogP contribution in [0.1, 0.15) is 31.4 Å². The molecule has 3 rings (SSSR count). The molecule has 1 amide bonds. The normalized spacial score (nSPS) is 18.8. The monoisotopic (exact) mass is 374 g/mol. The van der Waals surface area contributed by atoms with Crippen LogP contribution in [-0.4, -0.2) is 53.4 Å². The number of carbonyl (C=O) groups is 1. The number of hydrogen-bond acceptors (Lipinski definition) is 4. The summed E-state index contributed by atoms with van der Waals surface area (Å²) in [4.78, 5) is 21.1. The van der Waals surface area contributed by atoms with Crippen molar-refractivity contribution in [2.45, 2.75) is 32.1 Å². The largest absolute Gasteiger partial charge is 0.397 e. The number of anilines is 1. The van der Waals surface area contributed by atoms with Gasteiger partial charge < -0.3 is 15.5 Å². The molecule has 0 aromatic carbocycles. The first kappa shape index (κ1) is 21.0. The Morgan fingerprint density at radius 2 is 1.79 bits per heavy atom. The Labute approximate surface area is 156 Å². The van der Waals surface area contributed by atoms with Crippen LogP contribution in [0.4, 0.5) is 5.69 Å². The molecule has 0 atom stereocenters. The molecule has 5 nitrogen and oxygen atoms in total. The zero-order chi connectivity index (χ0) is 15.4. The quantitative estimate of drug-likeness (QED) is 0.878. The second-order valence-corrected chi connectivity index (χ2v) is 6.59. The van der Waals surface area contributed by atoms with Gasteiger partial charge in [0.1, 0.15) is 0 Å². The summed E-state index contributed by atoms with van der Waals surface area (Å²) in [5.41, 5.74) is 7.06. The standard InChI is InChI=1S/C17H26N4O.2ClH/c18-15-3-4-16(19-12-15)11-17(22)21-9-5-14(6-10-21)13-20-7-1-2-8-20;;/h3-4,12,14H,1-2,5-11,13,18H2;2*1H. The fourth-order valence-electron chi connectivity index (χ4n) is 3.50. The van der Waals surface area contributed by atoms with Crippen LogP contribution in [0.25, 0.3) is 0 Å². The molecule has 1 aromatic rings. The molecule has 1 aromatic heterocycles. The van der Waals surface area contributed by atoms with Crippen LogP contribution in [0.3, 0.4) is 0 Å². The van der Waals surface area contributed by atoms with Gasteiger partial charge in [-0.2, -0.15) is 0 Å². The molecule has 2 aliphatic rings. The number of halogens is 2. The van der Waals surface area contributed by atoms with Gasteiger partial charge in [-0.3, -0.25) is 9.78 Å². The lowest BCUT2D eigenvalue weighted by atomic mass is 9.96. The van der Waals surface area contributed by atoms with Gasteiger partial charge in [0.2, 0.25) is 5.91 Å². The zero-order valence-corrected chi connectivity index (χ0v) is 15.7. The fraction of sp³-hybridized carbons (Fsp3) is 0.647. The van der Waals surface area contributed by atoms with Crippen molar-refractivity contribution >= 4 is 36.4 Å². The summed E-state index contributed by atoms with van der Waals surface area (Å²) in [5.74, 6) is 0.952. The molecule has 0 unspecified atom stereocenters. The van der Waals surface area contributed by atoms with Crippen molar-refractivity contribution in [1.82, 2.24) is 14.8 Å². The summed E-state index contributed by atoms with van der Waals surface area (Å²) in [6.45, 7) is 5.55. The zero-order valence-electron chi connectivity index (χ0n) is 14.0. The van der Waals surface area contributed by atoms with Crippen LogP contribution in [0.2, 0.25) is 0 Å². The van der Waals surface area contributed by atoms with E-state index in [1.54, 1.807) is 12.3 Å². The lowest BCUT2D eigenvalue weighted by molar-refractivity contribution is -0.132. The molecule has 2 aliphatic heterocycles. The molecule has 2 fully saturated rings. The summed E-state index contributed by atoms with van der Waals surface area (Å²) in [7, 11) is 0. The van der Waals surface area contributed by atoms with Crippen molar-refractivity contribution < 1.29 is 4.79 Å². The summed E-state index contributed by atoms with van der Waals surface area (Å²) in [6, 6.07) is 3.64. The maximum absolute atomic E-state index is 12.3.